The van der Waals surface area contributed by atoms with Crippen LogP contribution in [0.15, 0.2) is 53.1 Å². The number of anilines is 3. The van der Waals surface area contributed by atoms with Gasteiger partial charge in [0.2, 0.25) is 0 Å². The smallest absolute Gasteiger partial charge is 0.257 e. The molecule has 36 heavy (non-hydrogen) atoms. The van der Waals surface area contributed by atoms with E-state index >= 15 is 0 Å². The van der Waals surface area contributed by atoms with Crippen LogP contribution in [-0.2, 0) is 0 Å². The minimum absolute atomic E-state index is 0.177. The highest BCUT2D eigenvalue weighted by Crippen LogP contribution is 2.54. The van der Waals surface area contributed by atoms with Gasteiger partial charge in [-0.25, -0.2) is 8.78 Å². The van der Waals surface area contributed by atoms with E-state index in [9.17, 15) is 13.6 Å². The number of aromatic nitrogens is 1. The number of halogens is 3. The number of amides is 1. The number of nitrogens with zero attached hydrogens (tertiary/aromatic N) is 3. The number of nitrogens with one attached hydrogen (secondary N) is 1. The Kier molecular flexibility index (Phi) is 5.90. The Hall–Kier alpha value is -2.74. The molecule has 1 N–H and O–H groups in total. The molecule has 3 heterocycles. The second-order valence-electron chi connectivity index (χ2n) is 10.5. The first-order chi connectivity index (χ1) is 17.3. The third kappa shape index (κ3) is 4.67. The standard InChI is InChI=1S/C28H29BrF2N4O/c29-20-3-4-22(23(17-20)34-12-7-27(5-6-27)8-13-34)26(36)33-21-16-19-2-1-11-32-25(19)24(18-21)35-14-9-28(30,31)10-15-35/h1-4,11,16-18H,5-10,12-15H2,(H,33,36). The molecule has 0 bridgehead atoms. The SMILES string of the molecule is O=C(Nc1cc(N2CCC(F)(F)CC2)c2ncccc2c1)c1ccc(Br)cc1N1CCC2(CC1)CC2. The fraction of sp³-hybridized carbons (Fsp3) is 0.429. The van der Waals surface area contributed by atoms with Gasteiger partial charge in [0.25, 0.3) is 11.8 Å². The lowest BCUT2D eigenvalue weighted by atomic mass is 9.93. The van der Waals surface area contributed by atoms with Crippen LogP contribution in [0.4, 0.5) is 25.8 Å². The van der Waals surface area contributed by atoms with Crippen LogP contribution in [0.5, 0.6) is 0 Å². The molecule has 3 aromatic rings. The number of alkyl halides is 2. The molecule has 1 saturated carbocycles. The lowest BCUT2D eigenvalue weighted by Crippen LogP contribution is -2.39. The minimum Gasteiger partial charge on any atom is -0.371 e. The highest BCUT2D eigenvalue weighted by molar-refractivity contribution is 9.10. The van der Waals surface area contributed by atoms with E-state index in [1.807, 2.05) is 47.4 Å². The zero-order valence-electron chi connectivity index (χ0n) is 20.1. The van der Waals surface area contributed by atoms with Gasteiger partial charge in [-0.15, -0.1) is 0 Å². The van der Waals surface area contributed by atoms with Gasteiger partial charge in [-0.2, -0.15) is 0 Å². The first-order valence-electron chi connectivity index (χ1n) is 12.7. The van der Waals surface area contributed by atoms with E-state index in [1.54, 1.807) is 6.20 Å². The number of hydrogen-bond donors (Lipinski definition) is 1. The van der Waals surface area contributed by atoms with Gasteiger partial charge < -0.3 is 15.1 Å². The molecular weight excluding hydrogens is 526 g/mol. The highest BCUT2D eigenvalue weighted by Gasteiger charge is 2.44. The normalized spacial score (nSPS) is 20.5. The van der Waals surface area contributed by atoms with Crippen molar-refractivity contribution in [3.63, 3.8) is 0 Å². The van der Waals surface area contributed by atoms with Crippen molar-refractivity contribution in [3.05, 3.63) is 58.7 Å². The first-order valence-corrected chi connectivity index (χ1v) is 13.5. The Labute approximate surface area is 218 Å². The first kappa shape index (κ1) is 23.6. The zero-order valence-corrected chi connectivity index (χ0v) is 21.7. The largest absolute Gasteiger partial charge is 0.371 e. The molecule has 1 aliphatic carbocycles. The lowest BCUT2D eigenvalue weighted by molar-refractivity contribution is -0.0220. The number of piperidine rings is 2. The quantitative estimate of drug-likeness (QED) is 0.382. The summed E-state index contributed by atoms with van der Waals surface area (Å²) in [5.41, 5.74) is 4.30. The van der Waals surface area contributed by atoms with Gasteiger partial charge >= 0.3 is 0 Å². The molecule has 2 aliphatic heterocycles. The van der Waals surface area contributed by atoms with Crippen molar-refractivity contribution in [2.24, 2.45) is 5.41 Å². The van der Waals surface area contributed by atoms with Gasteiger partial charge in [0.15, 0.2) is 0 Å². The van der Waals surface area contributed by atoms with E-state index in [1.165, 1.54) is 25.7 Å². The maximum Gasteiger partial charge on any atom is 0.257 e. The summed E-state index contributed by atoms with van der Waals surface area (Å²) < 4.78 is 28.6. The second kappa shape index (κ2) is 8.98. The summed E-state index contributed by atoms with van der Waals surface area (Å²) in [5, 5.41) is 3.96. The van der Waals surface area contributed by atoms with Crippen LogP contribution in [0, 0.1) is 5.41 Å². The molecule has 1 aromatic heterocycles. The molecule has 1 spiro atoms. The number of hydrogen-bond acceptors (Lipinski definition) is 4. The number of benzene rings is 2. The fourth-order valence-electron chi connectivity index (χ4n) is 5.62. The molecule has 6 rings (SSSR count). The van der Waals surface area contributed by atoms with Crippen molar-refractivity contribution in [1.29, 1.82) is 0 Å². The van der Waals surface area contributed by atoms with E-state index in [-0.39, 0.29) is 31.8 Å². The molecule has 188 valence electrons. The van der Waals surface area contributed by atoms with Gasteiger partial charge in [-0.05, 0) is 67.5 Å². The Balaban J connectivity index is 1.29. The monoisotopic (exact) mass is 554 g/mol. The van der Waals surface area contributed by atoms with Crippen molar-refractivity contribution >= 4 is 49.8 Å². The third-order valence-electron chi connectivity index (χ3n) is 8.10. The van der Waals surface area contributed by atoms with Gasteiger partial charge in [0, 0.05) is 60.8 Å². The third-order valence-corrected chi connectivity index (χ3v) is 8.60. The maximum absolute atomic E-state index is 13.8. The molecule has 0 unspecified atom stereocenters. The predicted molar refractivity (Wildman–Crippen MR) is 143 cm³/mol. The molecule has 8 heteroatoms. The summed E-state index contributed by atoms with van der Waals surface area (Å²) in [6, 6.07) is 13.3. The number of pyridine rings is 1. The fourth-order valence-corrected chi connectivity index (χ4v) is 5.97. The van der Waals surface area contributed by atoms with Crippen LogP contribution >= 0.6 is 15.9 Å². The van der Waals surface area contributed by atoms with Crippen molar-refractivity contribution in [2.75, 3.05) is 41.3 Å². The summed E-state index contributed by atoms with van der Waals surface area (Å²) in [6.07, 6.45) is 6.36. The molecule has 3 fully saturated rings. The molecule has 0 radical (unpaired) electrons. The van der Waals surface area contributed by atoms with Crippen molar-refractivity contribution in [3.8, 4) is 0 Å². The maximum atomic E-state index is 13.8. The number of carbonyl (C=O) groups is 1. The Bertz CT molecular complexity index is 1310. The Morgan fingerprint density at radius 3 is 2.31 bits per heavy atom. The Morgan fingerprint density at radius 1 is 0.889 bits per heavy atom. The zero-order chi connectivity index (χ0) is 24.9. The van der Waals surface area contributed by atoms with Crippen molar-refractivity contribution in [1.82, 2.24) is 4.98 Å². The summed E-state index contributed by atoms with van der Waals surface area (Å²) in [7, 11) is 0. The van der Waals surface area contributed by atoms with Gasteiger partial charge in [-0.1, -0.05) is 22.0 Å². The van der Waals surface area contributed by atoms with E-state index in [4.69, 9.17) is 0 Å². The van der Waals surface area contributed by atoms with Gasteiger partial charge in [0.05, 0.1) is 22.5 Å². The van der Waals surface area contributed by atoms with E-state index < -0.39 is 5.92 Å². The van der Waals surface area contributed by atoms with E-state index in [0.717, 1.165) is 39.8 Å². The average molecular weight is 555 g/mol. The molecule has 0 atom stereocenters. The summed E-state index contributed by atoms with van der Waals surface area (Å²) in [6.45, 7) is 2.43. The number of carbonyl (C=O) groups excluding carboxylic acids is 1. The predicted octanol–water partition coefficient (Wildman–Crippen LogP) is 6.87. The van der Waals surface area contributed by atoms with Crippen molar-refractivity contribution < 1.29 is 13.6 Å². The topological polar surface area (TPSA) is 48.5 Å². The molecular formula is C28H29BrF2N4O. The van der Waals surface area contributed by atoms with Crippen LogP contribution in [0.3, 0.4) is 0 Å². The number of rotatable bonds is 4. The van der Waals surface area contributed by atoms with Crippen LogP contribution < -0.4 is 15.1 Å². The molecule has 2 aromatic carbocycles. The summed E-state index contributed by atoms with van der Waals surface area (Å²) in [5.74, 6) is -2.81. The minimum atomic E-state index is -2.63. The highest BCUT2D eigenvalue weighted by atomic mass is 79.9. The molecule has 1 amide bonds. The van der Waals surface area contributed by atoms with Crippen LogP contribution in [-0.4, -0.2) is 43.0 Å². The van der Waals surface area contributed by atoms with Crippen LogP contribution in [0.1, 0.15) is 48.9 Å². The summed E-state index contributed by atoms with van der Waals surface area (Å²) >= 11 is 3.58. The molecule has 2 saturated heterocycles. The van der Waals surface area contributed by atoms with Crippen LogP contribution in [0.2, 0.25) is 0 Å². The molecule has 3 aliphatic rings. The van der Waals surface area contributed by atoms with Gasteiger partial charge in [0.1, 0.15) is 0 Å². The second-order valence-corrected chi connectivity index (χ2v) is 11.4. The van der Waals surface area contributed by atoms with Crippen molar-refractivity contribution in [2.45, 2.75) is 44.4 Å². The number of fused-ring (bicyclic) bond motifs is 1. The van der Waals surface area contributed by atoms with E-state index in [2.05, 4.69) is 31.1 Å². The lowest BCUT2D eigenvalue weighted by Gasteiger charge is -2.35. The Morgan fingerprint density at radius 2 is 1.58 bits per heavy atom. The average Bonchev–Trinajstić information content (AvgIpc) is 3.62. The van der Waals surface area contributed by atoms with Crippen LogP contribution in [0.25, 0.3) is 10.9 Å². The van der Waals surface area contributed by atoms with Gasteiger partial charge in [-0.3, -0.25) is 9.78 Å². The summed E-state index contributed by atoms with van der Waals surface area (Å²) in [4.78, 5) is 22.4. The molecule has 5 nitrogen and oxygen atoms in total. The van der Waals surface area contributed by atoms with E-state index in [0.29, 0.717) is 16.7 Å².